The predicted octanol–water partition coefficient (Wildman–Crippen LogP) is 3.77. The molecule has 1 fully saturated rings. The number of rotatable bonds is 6. The minimum Gasteiger partial charge on any atom is -0.383 e. The molecule has 0 saturated carbocycles. The van der Waals surface area contributed by atoms with Crippen molar-refractivity contribution in [3.8, 4) is 0 Å². The smallest absolute Gasteiger partial charge is 0.234 e. The van der Waals surface area contributed by atoms with Crippen LogP contribution >= 0.6 is 23.2 Å². The average Bonchev–Trinajstić information content (AvgIpc) is 3.38. The van der Waals surface area contributed by atoms with Crippen LogP contribution in [0, 0.1) is 5.92 Å². The Labute approximate surface area is 185 Å². The second kappa shape index (κ2) is 9.06. The Morgan fingerprint density at radius 1 is 1.20 bits per heavy atom. The maximum absolute atomic E-state index is 13.9. The lowest BCUT2D eigenvalue weighted by Gasteiger charge is -2.36. The molecule has 30 heavy (non-hydrogen) atoms. The minimum atomic E-state index is -0.563. The largest absolute Gasteiger partial charge is 0.383 e. The Morgan fingerprint density at radius 2 is 2.03 bits per heavy atom. The SMILES string of the molecule is COCC1=Nc2ccnn2C(c2ccc(Cl)c(Cl)c2)C1C(=O)N1CCC[C@H]1COC. The Kier molecular flexibility index (Phi) is 6.43. The maximum atomic E-state index is 13.9. The highest BCUT2D eigenvalue weighted by atomic mass is 35.5. The third-order valence-corrected chi connectivity index (χ3v) is 6.45. The fourth-order valence-corrected chi connectivity index (χ4v) is 4.70. The minimum absolute atomic E-state index is 0.00238. The van der Waals surface area contributed by atoms with E-state index in [-0.39, 0.29) is 18.6 Å². The summed E-state index contributed by atoms with van der Waals surface area (Å²) in [5.74, 6) is 0.117. The third-order valence-electron chi connectivity index (χ3n) is 5.71. The molecule has 3 atom stereocenters. The molecule has 2 aliphatic rings. The van der Waals surface area contributed by atoms with Gasteiger partial charge >= 0.3 is 0 Å². The van der Waals surface area contributed by atoms with Crippen LogP contribution in [0.25, 0.3) is 0 Å². The first-order valence-electron chi connectivity index (χ1n) is 9.89. The van der Waals surface area contributed by atoms with Crippen molar-refractivity contribution in [3.05, 3.63) is 46.1 Å². The lowest BCUT2D eigenvalue weighted by atomic mass is 9.86. The summed E-state index contributed by atoms with van der Waals surface area (Å²) in [4.78, 5) is 20.5. The van der Waals surface area contributed by atoms with Crippen LogP contribution in [0.15, 0.2) is 35.5 Å². The quantitative estimate of drug-likeness (QED) is 0.671. The molecule has 2 aromatic rings. The van der Waals surface area contributed by atoms with Gasteiger partial charge in [0.25, 0.3) is 0 Å². The lowest BCUT2D eigenvalue weighted by molar-refractivity contribution is -0.136. The van der Waals surface area contributed by atoms with Gasteiger partial charge in [-0.1, -0.05) is 29.3 Å². The number of hydrogen-bond acceptors (Lipinski definition) is 5. The molecule has 1 aromatic carbocycles. The van der Waals surface area contributed by atoms with Crippen molar-refractivity contribution in [3.63, 3.8) is 0 Å². The molecule has 1 saturated heterocycles. The van der Waals surface area contributed by atoms with Gasteiger partial charge in [-0.15, -0.1) is 0 Å². The number of carbonyl (C=O) groups excluding carboxylic acids is 1. The van der Waals surface area contributed by atoms with Crippen molar-refractivity contribution in [2.24, 2.45) is 10.9 Å². The predicted molar refractivity (Wildman–Crippen MR) is 116 cm³/mol. The zero-order valence-electron chi connectivity index (χ0n) is 16.9. The number of benzene rings is 1. The van der Waals surface area contributed by atoms with Crippen molar-refractivity contribution in [1.82, 2.24) is 14.7 Å². The molecular formula is C21H24Cl2N4O3. The number of likely N-dealkylation sites (tertiary alicyclic amines) is 1. The first-order chi connectivity index (χ1) is 14.5. The molecule has 0 aliphatic carbocycles. The van der Waals surface area contributed by atoms with Crippen LogP contribution in [-0.4, -0.2) is 66.3 Å². The van der Waals surface area contributed by atoms with E-state index in [0.29, 0.717) is 34.7 Å². The number of nitrogens with zero attached hydrogens (tertiary/aromatic N) is 4. The molecule has 0 radical (unpaired) electrons. The van der Waals surface area contributed by atoms with E-state index in [1.165, 1.54) is 0 Å². The molecule has 160 valence electrons. The van der Waals surface area contributed by atoms with Crippen LogP contribution in [0.2, 0.25) is 10.0 Å². The summed E-state index contributed by atoms with van der Waals surface area (Å²) in [5, 5.41) is 5.37. The second-order valence-corrected chi connectivity index (χ2v) is 8.36. The average molecular weight is 451 g/mol. The van der Waals surface area contributed by atoms with Crippen LogP contribution in [-0.2, 0) is 14.3 Å². The van der Waals surface area contributed by atoms with E-state index in [9.17, 15) is 4.79 Å². The van der Waals surface area contributed by atoms with Crippen LogP contribution in [0.1, 0.15) is 24.4 Å². The summed E-state index contributed by atoms with van der Waals surface area (Å²) >= 11 is 12.5. The van der Waals surface area contributed by atoms with Crippen molar-refractivity contribution in [2.75, 3.05) is 34.0 Å². The van der Waals surface area contributed by atoms with Crippen molar-refractivity contribution >= 4 is 40.6 Å². The van der Waals surface area contributed by atoms with E-state index >= 15 is 0 Å². The number of hydrogen-bond donors (Lipinski definition) is 0. The van der Waals surface area contributed by atoms with E-state index in [2.05, 4.69) is 5.10 Å². The van der Waals surface area contributed by atoms with E-state index < -0.39 is 12.0 Å². The summed E-state index contributed by atoms with van der Waals surface area (Å²) in [6, 6.07) is 6.91. The number of aliphatic imine (C=N–C) groups is 1. The van der Waals surface area contributed by atoms with Crippen LogP contribution in [0.3, 0.4) is 0 Å². The summed E-state index contributed by atoms with van der Waals surface area (Å²) in [5.41, 5.74) is 1.52. The van der Waals surface area contributed by atoms with Gasteiger partial charge < -0.3 is 14.4 Å². The highest BCUT2D eigenvalue weighted by Crippen LogP contribution is 2.39. The van der Waals surface area contributed by atoms with Crippen molar-refractivity contribution < 1.29 is 14.3 Å². The Morgan fingerprint density at radius 3 is 2.77 bits per heavy atom. The monoisotopic (exact) mass is 450 g/mol. The maximum Gasteiger partial charge on any atom is 0.234 e. The molecule has 9 heteroatoms. The zero-order valence-corrected chi connectivity index (χ0v) is 18.4. The van der Waals surface area contributed by atoms with Gasteiger partial charge in [0.05, 0.1) is 47.3 Å². The van der Waals surface area contributed by atoms with E-state index in [1.54, 1.807) is 37.2 Å². The Hall–Kier alpha value is -1.93. The van der Waals surface area contributed by atoms with E-state index in [1.807, 2.05) is 17.0 Å². The standard InChI is InChI=1S/C21H24Cl2N4O3/c1-29-11-14-4-3-9-26(14)21(28)19-17(12-30-2)25-18-7-8-24-27(18)20(19)13-5-6-15(22)16(23)10-13/h5-8,10,14,19-20H,3-4,9,11-12H2,1-2H3/t14-,19?,20?/m0/s1. The summed E-state index contributed by atoms with van der Waals surface area (Å²) < 4.78 is 12.5. The summed E-state index contributed by atoms with van der Waals surface area (Å²) in [7, 11) is 3.27. The van der Waals surface area contributed by atoms with Gasteiger partial charge in [-0.3, -0.25) is 4.79 Å². The molecule has 0 N–H and O–H groups in total. The number of ether oxygens (including phenoxy) is 2. The number of fused-ring (bicyclic) bond motifs is 1. The van der Waals surface area contributed by atoms with Crippen molar-refractivity contribution in [2.45, 2.75) is 24.9 Å². The molecule has 2 aliphatic heterocycles. The van der Waals surface area contributed by atoms with Gasteiger partial charge in [0.2, 0.25) is 5.91 Å². The zero-order chi connectivity index (χ0) is 21.3. The van der Waals surface area contributed by atoms with Gasteiger partial charge in [-0.2, -0.15) is 5.10 Å². The molecule has 3 heterocycles. The number of halogens is 2. The molecule has 0 spiro atoms. The number of methoxy groups -OCH3 is 2. The van der Waals surface area contributed by atoms with Gasteiger partial charge in [-0.25, -0.2) is 9.67 Å². The molecule has 2 unspecified atom stereocenters. The normalized spacial score (nSPS) is 23.4. The molecule has 0 bridgehead atoms. The first kappa shape index (κ1) is 21.3. The first-order valence-corrected chi connectivity index (χ1v) is 10.6. The highest BCUT2D eigenvalue weighted by Gasteiger charge is 2.44. The van der Waals surface area contributed by atoms with Crippen molar-refractivity contribution in [1.29, 1.82) is 0 Å². The lowest BCUT2D eigenvalue weighted by Crippen LogP contribution is -2.48. The number of aromatic nitrogens is 2. The molecule has 1 amide bonds. The van der Waals surface area contributed by atoms with Gasteiger partial charge in [-0.05, 0) is 30.5 Å². The fraction of sp³-hybridized carbons (Fsp3) is 0.476. The van der Waals surface area contributed by atoms with E-state index in [4.69, 9.17) is 37.7 Å². The van der Waals surface area contributed by atoms with Crippen LogP contribution in [0.4, 0.5) is 5.82 Å². The van der Waals surface area contributed by atoms with Gasteiger partial charge in [0.15, 0.2) is 5.82 Å². The van der Waals surface area contributed by atoms with Gasteiger partial charge in [0.1, 0.15) is 5.92 Å². The van der Waals surface area contributed by atoms with Crippen LogP contribution in [0.5, 0.6) is 0 Å². The molecule has 1 aromatic heterocycles. The fourth-order valence-electron chi connectivity index (χ4n) is 4.40. The summed E-state index contributed by atoms with van der Waals surface area (Å²) in [6.45, 7) is 1.46. The topological polar surface area (TPSA) is 69.0 Å². The molecule has 7 nitrogen and oxygen atoms in total. The Balaban J connectivity index is 1.80. The Bertz CT molecular complexity index is 961. The second-order valence-electron chi connectivity index (χ2n) is 7.55. The van der Waals surface area contributed by atoms with Gasteiger partial charge in [0, 0.05) is 26.8 Å². The molecule has 4 rings (SSSR count). The number of amides is 1. The highest BCUT2D eigenvalue weighted by molar-refractivity contribution is 6.42. The number of carbonyl (C=O) groups is 1. The van der Waals surface area contributed by atoms with Crippen LogP contribution < -0.4 is 0 Å². The van der Waals surface area contributed by atoms with E-state index in [0.717, 1.165) is 18.4 Å². The summed E-state index contributed by atoms with van der Waals surface area (Å²) in [6.07, 6.45) is 3.56. The third kappa shape index (κ3) is 3.87. The molecular weight excluding hydrogens is 427 g/mol.